The van der Waals surface area contributed by atoms with Crippen molar-refractivity contribution in [2.75, 3.05) is 0 Å². The molecule has 1 saturated carbocycles. The van der Waals surface area contributed by atoms with Crippen LogP contribution in [-0.4, -0.2) is 10.1 Å². The number of aromatic nitrogens is 1. The molecule has 3 heteroatoms. The molecule has 1 aromatic heterocycles. The zero-order chi connectivity index (χ0) is 7.68. The molecule has 1 heterocycles. The van der Waals surface area contributed by atoms with Crippen LogP contribution in [0.4, 0.5) is 0 Å². The van der Waals surface area contributed by atoms with Gasteiger partial charge >= 0.3 is 0 Å². The molecule has 1 N–H and O–H groups in total. The fourth-order valence-corrected chi connectivity index (χ4v) is 2.19. The summed E-state index contributed by atoms with van der Waals surface area (Å²) in [5, 5.41) is 10.0. The quantitative estimate of drug-likeness (QED) is 0.733. The van der Waals surface area contributed by atoms with Crippen LogP contribution in [0, 0.1) is 0 Å². The molecule has 0 amide bonds. The van der Waals surface area contributed by atoms with Gasteiger partial charge in [-0.15, -0.1) is 11.3 Å². The molecule has 1 aromatic rings. The number of hydrogen-bond acceptors (Lipinski definition) is 3. The summed E-state index contributed by atoms with van der Waals surface area (Å²) in [5.41, 5.74) is 0. The number of rotatable bonds is 2. The van der Waals surface area contributed by atoms with Gasteiger partial charge in [0, 0.05) is 12.1 Å². The molecule has 2 nitrogen and oxygen atoms in total. The van der Waals surface area contributed by atoms with Gasteiger partial charge in [-0.3, -0.25) is 0 Å². The Bertz CT molecular complexity index is 242. The lowest BCUT2D eigenvalue weighted by atomic mass is 9.86. The maximum Gasteiger partial charge on any atom is 0.0959 e. The predicted octanol–water partition coefficient (Wildman–Crippen LogP) is 1.90. The SMILES string of the molecule is OCc1cnc(C2CCC2)s1. The minimum absolute atomic E-state index is 0.143. The average Bonchev–Trinajstić information content (AvgIpc) is 2.32. The molecule has 0 aromatic carbocycles. The first-order valence-corrected chi connectivity index (χ1v) is 4.77. The monoisotopic (exact) mass is 169 g/mol. The van der Waals surface area contributed by atoms with E-state index in [2.05, 4.69) is 4.98 Å². The minimum Gasteiger partial charge on any atom is -0.391 e. The van der Waals surface area contributed by atoms with Crippen molar-refractivity contribution in [3.63, 3.8) is 0 Å². The van der Waals surface area contributed by atoms with Crippen LogP contribution in [0.3, 0.4) is 0 Å². The summed E-state index contributed by atoms with van der Waals surface area (Å²) in [4.78, 5) is 5.26. The normalized spacial score (nSPS) is 18.3. The summed E-state index contributed by atoms with van der Waals surface area (Å²) in [6, 6.07) is 0. The van der Waals surface area contributed by atoms with Gasteiger partial charge in [0.1, 0.15) is 0 Å². The maximum absolute atomic E-state index is 8.79. The highest BCUT2D eigenvalue weighted by molar-refractivity contribution is 7.11. The van der Waals surface area contributed by atoms with E-state index in [1.54, 1.807) is 17.5 Å². The van der Waals surface area contributed by atoms with Crippen LogP contribution in [0.15, 0.2) is 6.20 Å². The summed E-state index contributed by atoms with van der Waals surface area (Å²) in [6.45, 7) is 0.143. The number of nitrogens with zero attached hydrogens (tertiary/aromatic N) is 1. The summed E-state index contributed by atoms with van der Waals surface area (Å²) < 4.78 is 0. The smallest absolute Gasteiger partial charge is 0.0959 e. The lowest BCUT2D eigenvalue weighted by Crippen LogP contribution is -2.07. The van der Waals surface area contributed by atoms with Gasteiger partial charge in [0.2, 0.25) is 0 Å². The number of aliphatic hydroxyl groups excluding tert-OH is 1. The van der Waals surface area contributed by atoms with E-state index in [0.29, 0.717) is 5.92 Å². The van der Waals surface area contributed by atoms with Gasteiger partial charge in [-0.1, -0.05) is 6.42 Å². The molecule has 0 aliphatic heterocycles. The standard InChI is InChI=1S/C8H11NOS/c10-5-7-4-9-8(11-7)6-2-1-3-6/h4,6,10H,1-3,5H2. The lowest BCUT2D eigenvalue weighted by Gasteiger charge is -2.22. The van der Waals surface area contributed by atoms with Crippen LogP contribution in [0.2, 0.25) is 0 Å². The molecular formula is C8H11NOS. The van der Waals surface area contributed by atoms with Crippen LogP contribution in [-0.2, 0) is 6.61 Å². The molecule has 0 bridgehead atoms. The van der Waals surface area contributed by atoms with Crippen LogP contribution in [0.25, 0.3) is 0 Å². The third-order valence-corrected chi connectivity index (χ3v) is 3.33. The summed E-state index contributed by atoms with van der Waals surface area (Å²) >= 11 is 1.66. The highest BCUT2D eigenvalue weighted by Gasteiger charge is 2.22. The van der Waals surface area contributed by atoms with E-state index in [0.717, 1.165) is 4.88 Å². The van der Waals surface area contributed by atoms with Crippen LogP contribution in [0.1, 0.15) is 35.1 Å². The predicted molar refractivity (Wildman–Crippen MR) is 44.6 cm³/mol. The Morgan fingerprint density at radius 1 is 1.64 bits per heavy atom. The van der Waals surface area contributed by atoms with Crippen LogP contribution < -0.4 is 0 Å². The van der Waals surface area contributed by atoms with Crippen molar-refractivity contribution in [2.24, 2.45) is 0 Å². The van der Waals surface area contributed by atoms with E-state index >= 15 is 0 Å². The number of hydrogen-bond donors (Lipinski definition) is 1. The Labute approximate surface area is 69.9 Å². The molecule has 1 aliphatic rings. The summed E-state index contributed by atoms with van der Waals surface area (Å²) in [5.74, 6) is 0.709. The van der Waals surface area contributed by atoms with E-state index < -0.39 is 0 Å². The van der Waals surface area contributed by atoms with Crippen molar-refractivity contribution in [3.05, 3.63) is 16.1 Å². The first-order chi connectivity index (χ1) is 5.40. The first kappa shape index (κ1) is 7.25. The second kappa shape index (κ2) is 2.91. The molecule has 11 heavy (non-hydrogen) atoms. The fraction of sp³-hybridized carbons (Fsp3) is 0.625. The largest absolute Gasteiger partial charge is 0.391 e. The van der Waals surface area contributed by atoms with Crippen molar-refractivity contribution in [1.82, 2.24) is 4.98 Å². The van der Waals surface area contributed by atoms with Crippen LogP contribution in [0.5, 0.6) is 0 Å². The van der Waals surface area contributed by atoms with Crippen molar-refractivity contribution < 1.29 is 5.11 Å². The number of thiazole rings is 1. The van der Waals surface area contributed by atoms with Gasteiger partial charge in [0.25, 0.3) is 0 Å². The fourth-order valence-electron chi connectivity index (χ4n) is 1.24. The van der Waals surface area contributed by atoms with Crippen molar-refractivity contribution >= 4 is 11.3 Å². The van der Waals surface area contributed by atoms with Crippen LogP contribution >= 0.6 is 11.3 Å². The van der Waals surface area contributed by atoms with Crippen molar-refractivity contribution in [1.29, 1.82) is 0 Å². The zero-order valence-electron chi connectivity index (χ0n) is 6.29. The summed E-state index contributed by atoms with van der Waals surface area (Å²) in [6.07, 6.45) is 5.72. The highest BCUT2D eigenvalue weighted by atomic mass is 32.1. The second-order valence-electron chi connectivity index (χ2n) is 2.95. The number of aliphatic hydroxyl groups is 1. The first-order valence-electron chi connectivity index (χ1n) is 3.95. The molecular weight excluding hydrogens is 158 g/mol. The van der Waals surface area contributed by atoms with E-state index in [9.17, 15) is 0 Å². The van der Waals surface area contributed by atoms with Crippen molar-refractivity contribution in [3.8, 4) is 0 Å². The Balaban J connectivity index is 2.11. The third kappa shape index (κ3) is 1.30. The molecule has 0 saturated heterocycles. The Kier molecular flexibility index (Phi) is 1.92. The molecule has 0 atom stereocenters. The Morgan fingerprint density at radius 3 is 2.91 bits per heavy atom. The molecule has 1 fully saturated rings. The molecule has 0 radical (unpaired) electrons. The lowest BCUT2D eigenvalue weighted by molar-refractivity contribution is 0.285. The van der Waals surface area contributed by atoms with Gasteiger partial charge in [0.15, 0.2) is 0 Å². The molecule has 0 unspecified atom stereocenters. The highest BCUT2D eigenvalue weighted by Crippen LogP contribution is 2.38. The Hall–Kier alpha value is -0.410. The second-order valence-corrected chi connectivity index (χ2v) is 4.10. The van der Waals surface area contributed by atoms with Gasteiger partial charge in [-0.25, -0.2) is 4.98 Å². The van der Waals surface area contributed by atoms with E-state index in [-0.39, 0.29) is 6.61 Å². The maximum atomic E-state index is 8.79. The van der Waals surface area contributed by atoms with Gasteiger partial charge in [-0.05, 0) is 12.8 Å². The topological polar surface area (TPSA) is 33.1 Å². The molecule has 60 valence electrons. The molecule has 2 rings (SSSR count). The Morgan fingerprint density at radius 2 is 2.45 bits per heavy atom. The zero-order valence-corrected chi connectivity index (χ0v) is 7.10. The third-order valence-electron chi connectivity index (χ3n) is 2.18. The van der Waals surface area contributed by atoms with Gasteiger partial charge in [-0.2, -0.15) is 0 Å². The summed E-state index contributed by atoms with van der Waals surface area (Å²) in [7, 11) is 0. The van der Waals surface area contributed by atoms with E-state index in [1.165, 1.54) is 24.3 Å². The van der Waals surface area contributed by atoms with E-state index in [1.807, 2.05) is 0 Å². The van der Waals surface area contributed by atoms with Crippen molar-refractivity contribution in [2.45, 2.75) is 31.8 Å². The molecule has 0 spiro atoms. The average molecular weight is 169 g/mol. The van der Waals surface area contributed by atoms with Gasteiger partial charge < -0.3 is 5.11 Å². The molecule has 1 aliphatic carbocycles. The minimum atomic E-state index is 0.143. The van der Waals surface area contributed by atoms with Gasteiger partial charge in [0.05, 0.1) is 16.5 Å². The van der Waals surface area contributed by atoms with E-state index in [4.69, 9.17) is 5.11 Å².